The number of nitrogens with one attached hydrogen (secondary N) is 1. The Morgan fingerprint density at radius 2 is 1.90 bits per heavy atom. The summed E-state index contributed by atoms with van der Waals surface area (Å²) >= 11 is 0. The molecule has 4 heteroatoms. The lowest BCUT2D eigenvalue weighted by Gasteiger charge is -2.30. The van der Waals surface area contributed by atoms with E-state index in [0.29, 0.717) is 18.9 Å². The summed E-state index contributed by atoms with van der Waals surface area (Å²) in [5, 5.41) is 2.93. The molecular weight excluding hydrogens is 266 g/mol. The quantitative estimate of drug-likeness (QED) is 0.791. The molecule has 21 heavy (non-hydrogen) atoms. The van der Waals surface area contributed by atoms with Gasteiger partial charge in [0.2, 0.25) is 0 Å². The first-order valence-corrected chi connectivity index (χ1v) is 7.50. The fourth-order valence-electron chi connectivity index (χ4n) is 2.26. The highest BCUT2D eigenvalue weighted by atomic mass is 16.5. The first-order chi connectivity index (χ1) is 9.91. The van der Waals surface area contributed by atoms with Gasteiger partial charge in [-0.05, 0) is 49.9 Å². The van der Waals surface area contributed by atoms with Crippen molar-refractivity contribution < 1.29 is 14.3 Å². The van der Waals surface area contributed by atoms with E-state index in [0.717, 1.165) is 17.9 Å². The Morgan fingerprint density at radius 1 is 1.29 bits per heavy atom. The Labute approximate surface area is 127 Å². The summed E-state index contributed by atoms with van der Waals surface area (Å²) in [7, 11) is 1.62. The molecule has 1 rings (SSSR count). The van der Waals surface area contributed by atoms with E-state index in [2.05, 4.69) is 19.2 Å². The standard InChI is InChI=1S/C17H27NO3/c1-6-11-21-17(4,12-13(2)3)16(19)18-14-7-9-15(20-5)10-8-14/h7-10,13H,6,11-12H2,1-5H3,(H,18,19). The fourth-order valence-corrected chi connectivity index (χ4v) is 2.26. The van der Waals surface area contributed by atoms with E-state index in [1.54, 1.807) is 7.11 Å². The molecule has 0 spiro atoms. The van der Waals surface area contributed by atoms with Crippen molar-refractivity contribution in [2.24, 2.45) is 5.92 Å². The minimum absolute atomic E-state index is 0.102. The molecule has 0 heterocycles. The molecule has 1 amide bonds. The zero-order valence-corrected chi connectivity index (χ0v) is 13.7. The minimum atomic E-state index is -0.801. The molecule has 0 fully saturated rings. The van der Waals surface area contributed by atoms with Gasteiger partial charge in [0.25, 0.3) is 5.91 Å². The molecule has 4 nitrogen and oxygen atoms in total. The monoisotopic (exact) mass is 293 g/mol. The van der Waals surface area contributed by atoms with Gasteiger partial charge in [-0.15, -0.1) is 0 Å². The molecule has 1 N–H and O–H groups in total. The molecule has 0 aliphatic rings. The molecule has 0 saturated carbocycles. The molecule has 0 bridgehead atoms. The van der Waals surface area contributed by atoms with Crippen molar-refractivity contribution in [2.75, 3.05) is 19.0 Å². The number of carbonyl (C=O) groups excluding carboxylic acids is 1. The van der Waals surface area contributed by atoms with Gasteiger partial charge in [0, 0.05) is 12.3 Å². The molecule has 1 aromatic rings. The van der Waals surface area contributed by atoms with Crippen LogP contribution in [0.5, 0.6) is 5.75 Å². The second kappa shape index (κ2) is 8.03. The maximum absolute atomic E-state index is 12.6. The van der Waals surface area contributed by atoms with E-state index in [4.69, 9.17) is 9.47 Å². The molecule has 0 aromatic heterocycles. The van der Waals surface area contributed by atoms with Crippen LogP contribution in [0.1, 0.15) is 40.5 Å². The van der Waals surface area contributed by atoms with Gasteiger partial charge in [-0.25, -0.2) is 0 Å². The van der Waals surface area contributed by atoms with Gasteiger partial charge < -0.3 is 14.8 Å². The minimum Gasteiger partial charge on any atom is -0.497 e. The van der Waals surface area contributed by atoms with Gasteiger partial charge in [-0.2, -0.15) is 0 Å². The van der Waals surface area contributed by atoms with Crippen molar-refractivity contribution in [2.45, 2.75) is 46.1 Å². The normalized spacial score (nSPS) is 13.8. The maximum Gasteiger partial charge on any atom is 0.256 e. The summed E-state index contributed by atoms with van der Waals surface area (Å²) in [5.41, 5.74) is -0.0553. The zero-order chi connectivity index (χ0) is 15.9. The third-order valence-electron chi connectivity index (χ3n) is 3.25. The fraction of sp³-hybridized carbons (Fsp3) is 0.588. The van der Waals surface area contributed by atoms with E-state index in [-0.39, 0.29) is 5.91 Å². The van der Waals surface area contributed by atoms with E-state index in [9.17, 15) is 4.79 Å². The average Bonchev–Trinajstić information content (AvgIpc) is 2.45. The summed E-state index contributed by atoms with van der Waals surface area (Å²) in [6.45, 7) is 8.67. The molecule has 0 saturated heterocycles. The second-order valence-corrected chi connectivity index (χ2v) is 5.86. The van der Waals surface area contributed by atoms with Gasteiger partial charge >= 0.3 is 0 Å². The van der Waals surface area contributed by atoms with Gasteiger partial charge in [0.1, 0.15) is 11.4 Å². The van der Waals surface area contributed by atoms with E-state index in [1.165, 1.54) is 0 Å². The van der Waals surface area contributed by atoms with E-state index < -0.39 is 5.60 Å². The Hall–Kier alpha value is -1.55. The van der Waals surface area contributed by atoms with Crippen LogP contribution in [-0.4, -0.2) is 25.2 Å². The lowest BCUT2D eigenvalue weighted by atomic mass is 9.93. The van der Waals surface area contributed by atoms with E-state index in [1.807, 2.05) is 38.1 Å². The molecule has 1 unspecified atom stereocenters. The van der Waals surface area contributed by atoms with Gasteiger partial charge in [0.05, 0.1) is 7.11 Å². The molecule has 118 valence electrons. The van der Waals surface area contributed by atoms with E-state index >= 15 is 0 Å². The molecule has 1 aromatic carbocycles. The SMILES string of the molecule is CCCOC(C)(CC(C)C)C(=O)Nc1ccc(OC)cc1. The number of rotatable bonds is 8. The molecule has 1 atom stereocenters. The Kier molecular flexibility index (Phi) is 6.69. The summed E-state index contributed by atoms with van der Waals surface area (Å²) in [6, 6.07) is 7.29. The first kappa shape index (κ1) is 17.5. The van der Waals surface area contributed by atoms with Crippen LogP contribution < -0.4 is 10.1 Å². The summed E-state index contributed by atoms with van der Waals surface area (Å²) in [6.07, 6.45) is 1.58. The van der Waals surface area contributed by atoms with Crippen molar-refractivity contribution in [3.05, 3.63) is 24.3 Å². The number of methoxy groups -OCH3 is 1. The van der Waals surface area contributed by atoms with Crippen LogP contribution in [0.25, 0.3) is 0 Å². The van der Waals surface area contributed by atoms with Crippen molar-refractivity contribution in [1.82, 2.24) is 0 Å². The molecular formula is C17H27NO3. The molecule has 0 aliphatic carbocycles. The zero-order valence-electron chi connectivity index (χ0n) is 13.7. The number of hydrogen-bond acceptors (Lipinski definition) is 3. The lowest BCUT2D eigenvalue weighted by molar-refractivity contribution is -0.141. The Morgan fingerprint density at radius 3 is 2.38 bits per heavy atom. The van der Waals surface area contributed by atoms with Crippen molar-refractivity contribution in [3.8, 4) is 5.75 Å². The number of amides is 1. The van der Waals surface area contributed by atoms with Gasteiger partial charge in [0.15, 0.2) is 0 Å². The van der Waals surface area contributed by atoms with Crippen LogP contribution in [0.15, 0.2) is 24.3 Å². The van der Waals surface area contributed by atoms with Crippen molar-refractivity contribution in [3.63, 3.8) is 0 Å². The van der Waals surface area contributed by atoms with Crippen LogP contribution in [0.3, 0.4) is 0 Å². The second-order valence-electron chi connectivity index (χ2n) is 5.86. The number of benzene rings is 1. The highest BCUT2D eigenvalue weighted by Crippen LogP contribution is 2.24. The average molecular weight is 293 g/mol. The number of hydrogen-bond donors (Lipinski definition) is 1. The number of carbonyl (C=O) groups is 1. The summed E-state index contributed by atoms with van der Waals surface area (Å²) in [5.74, 6) is 1.04. The third-order valence-corrected chi connectivity index (χ3v) is 3.25. The summed E-state index contributed by atoms with van der Waals surface area (Å²) in [4.78, 5) is 12.6. The number of ether oxygens (including phenoxy) is 2. The third kappa shape index (κ3) is 5.38. The highest BCUT2D eigenvalue weighted by molar-refractivity contribution is 5.97. The maximum atomic E-state index is 12.6. The smallest absolute Gasteiger partial charge is 0.256 e. The number of anilines is 1. The molecule has 0 aliphatic heterocycles. The molecule has 0 radical (unpaired) electrons. The van der Waals surface area contributed by atoms with Crippen molar-refractivity contribution in [1.29, 1.82) is 0 Å². The van der Waals surface area contributed by atoms with Gasteiger partial charge in [-0.3, -0.25) is 4.79 Å². The lowest BCUT2D eigenvalue weighted by Crippen LogP contribution is -2.44. The van der Waals surface area contributed by atoms with Crippen LogP contribution >= 0.6 is 0 Å². The Balaban J connectivity index is 2.78. The van der Waals surface area contributed by atoms with Gasteiger partial charge in [-0.1, -0.05) is 20.8 Å². The van der Waals surface area contributed by atoms with Crippen LogP contribution in [0.2, 0.25) is 0 Å². The largest absolute Gasteiger partial charge is 0.497 e. The highest BCUT2D eigenvalue weighted by Gasteiger charge is 2.34. The van der Waals surface area contributed by atoms with Crippen LogP contribution in [0.4, 0.5) is 5.69 Å². The first-order valence-electron chi connectivity index (χ1n) is 7.50. The summed E-state index contributed by atoms with van der Waals surface area (Å²) < 4.78 is 10.9. The Bertz CT molecular complexity index is 442. The predicted octanol–water partition coefficient (Wildman–Crippen LogP) is 3.87. The topological polar surface area (TPSA) is 47.6 Å². The van der Waals surface area contributed by atoms with Crippen molar-refractivity contribution >= 4 is 11.6 Å². The van der Waals surface area contributed by atoms with Crippen LogP contribution in [-0.2, 0) is 9.53 Å². The predicted molar refractivity (Wildman–Crippen MR) is 85.7 cm³/mol. The van der Waals surface area contributed by atoms with Crippen LogP contribution in [0, 0.1) is 5.92 Å².